The van der Waals surface area contributed by atoms with Crippen LogP contribution < -0.4 is 4.90 Å². The van der Waals surface area contributed by atoms with E-state index in [2.05, 4.69) is 9.80 Å². The highest BCUT2D eigenvalue weighted by atomic mass is 19.1. The number of nitriles is 1. The van der Waals surface area contributed by atoms with Crippen LogP contribution in [0, 0.1) is 17.1 Å². The zero-order valence-electron chi connectivity index (χ0n) is 11.0. The zero-order chi connectivity index (χ0) is 13.2. The number of anilines is 1. The summed E-state index contributed by atoms with van der Waals surface area (Å²) in [6.07, 6.45) is 3.55. The van der Waals surface area contributed by atoms with Gasteiger partial charge in [0.15, 0.2) is 0 Å². The minimum atomic E-state index is -0.410. The maximum absolute atomic E-state index is 13.7. The molecule has 0 spiro atoms. The van der Waals surface area contributed by atoms with E-state index < -0.39 is 5.82 Å². The standard InChI is InChI=1S/C15H18FN3/c16-14-5-1-6-15(13(14)10-17)19-9-3-8-18-7-2-4-12(18)11-19/h1,5-6,12H,2-4,7-9,11H2/t12-/m1/s1. The van der Waals surface area contributed by atoms with Gasteiger partial charge in [-0.15, -0.1) is 0 Å². The lowest BCUT2D eigenvalue weighted by Gasteiger charge is -2.28. The van der Waals surface area contributed by atoms with Crippen LogP contribution in [0.1, 0.15) is 24.8 Å². The Hall–Kier alpha value is -1.60. The fourth-order valence-electron chi connectivity index (χ4n) is 3.31. The molecule has 0 amide bonds. The first-order chi connectivity index (χ1) is 9.29. The van der Waals surface area contributed by atoms with Gasteiger partial charge in [0.25, 0.3) is 0 Å². The summed E-state index contributed by atoms with van der Waals surface area (Å²) in [6.45, 7) is 4.13. The van der Waals surface area contributed by atoms with Crippen molar-refractivity contribution in [2.24, 2.45) is 0 Å². The average molecular weight is 259 g/mol. The molecule has 0 unspecified atom stereocenters. The monoisotopic (exact) mass is 259 g/mol. The zero-order valence-corrected chi connectivity index (χ0v) is 11.0. The maximum Gasteiger partial charge on any atom is 0.143 e. The third-order valence-corrected chi connectivity index (χ3v) is 4.25. The van der Waals surface area contributed by atoms with Gasteiger partial charge in [-0.3, -0.25) is 4.90 Å². The van der Waals surface area contributed by atoms with Crippen molar-refractivity contribution in [2.45, 2.75) is 25.3 Å². The molecule has 0 aliphatic carbocycles. The van der Waals surface area contributed by atoms with E-state index in [1.54, 1.807) is 6.07 Å². The highest BCUT2D eigenvalue weighted by molar-refractivity contribution is 5.60. The topological polar surface area (TPSA) is 30.3 Å². The quantitative estimate of drug-likeness (QED) is 0.775. The summed E-state index contributed by atoms with van der Waals surface area (Å²) in [5.41, 5.74) is 0.949. The van der Waals surface area contributed by atoms with Gasteiger partial charge in [-0.1, -0.05) is 6.07 Å². The predicted octanol–water partition coefficient (Wildman–Crippen LogP) is 2.37. The van der Waals surface area contributed by atoms with E-state index in [-0.39, 0.29) is 5.56 Å². The minimum Gasteiger partial charge on any atom is -0.369 e. The van der Waals surface area contributed by atoms with Crippen molar-refractivity contribution < 1.29 is 4.39 Å². The molecular weight excluding hydrogens is 241 g/mol. The van der Waals surface area contributed by atoms with Crippen molar-refractivity contribution in [1.82, 2.24) is 4.90 Å². The molecule has 2 aliphatic heterocycles. The van der Waals surface area contributed by atoms with E-state index in [9.17, 15) is 4.39 Å². The molecule has 1 aromatic rings. The maximum atomic E-state index is 13.7. The number of halogens is 1. The highest BCUT2D eigenvalue weighted by Gasteiger charge is 2.29. The van der Waals surface area contributed by atoms with Crippen molar-refractivity contribution in [3.8, 4) is 6.07 Å². The van der Waals surface area contributed by atoms with E-state index in [1.807, 2.05) is 12.1 Å². The number of benzene rings is 1. The third-order valence-electron chi connectivity index (χ3n) is 4.25. The lowest BCUT2D eigenvalue weighted by molar-refractivity contribution is 0.273. The van der Waals surface area contributed by atoms with Gasteiger partial charge in [-0.05, 0) is 37.9 Å². The largest absolute Gasteiger partial charge is 0.369 e. The van der Waals surface area contributed by atoms with E-state index in [4.69, 9.17) is 5.26 Å². The van der Waals surface area contributed by atoms with E-state index in [0.29, 0.717) is 6.04 Å². The number of fused-ring (bicyclic) bond motifs is 1. The van der Waals surface area contributed by atoms with Gasteiger partial charge in [0, 0.05) is 25.7 Å². The van der Waals surface area contributed by atoms with Gasteiger partial charge in [0.2, 0.25) is 0 Å². The van der Waals surface area contributed by atoms with Crippen LogP contribution in [0.2, 0.25) is 0 Å². The average Bonchev–Trinajstić information content (AvgIpc) is 2.76. The molecule has 3 nitrogen and oxygen atoms in total. The Morgan fingerprint density at radius 3 is 2.89 bits per heavy atom. The van der Waals surface area contributed by atoms with E-state index in [0.717, 1.165) is 31.7 Å². The molecule has 19 heavy (non-hydrogen) atoms. The van der Waals surface area contributed by atoms with Gasteiger partial charge < -0.3 is 4.90 Å². The Morgan fingerprint density at radius 2 is 2.05 bits per heavy atom. The Balaban J connectivity index is 1.89. The molecule has 100 valence electrons. The van der Waals surface area contributed by atoms with Crippen LogP contribution in [0.15, 0.2) is 18.2 Å². The van der Waals surface area contributed by atoms with Gasteiger partial charge in [0.1, 0.15) is 17.4 Å². The van der Waals surface area contributed by atoms with Crippen molar-refractivity contribution in [3.05, 3.63) is 29.6 Å². The van der Waals surface area contributed by atoms with Crippen LogP contribution in [0.25, 0.3) is 0 Å². The fraction of sp³-hybridized carbons (Fsp3) is 0.533. The molecule has 0 bridgehead atoms. The summed E-state index contributed by atoms with van der Waals surface area (Å²) in [4.78, 5) is 4.73. The SMILES string of the molecule is N#Cc1c(F)cccc1N1CCCN2CCC[C@@H]2C1. The van der Waals surface area contributed by atoms with Crippen molar-refractivity contribution >= 4 is 5.69 Å². The molecule has 0 saturated carbocycles. The first-order valence-electron chi connectivity index (χ1n) is 6.97. The van der Waals surface area contributed by atoms with Crippen molar-refractivity contribution in [2.75, 3.05) is 31.1 Å². The van der Waals surface area contributed by atoms with Crippen molar-refractivity contribution in [3.63, 3.8) is 0 Å². The van der Waals surface area contributed by atoms with E-state index in [1.165, 1.54) is 25.5 Å². The smallest absolute Gasteiger partial charge is 0.143 e. The number of hydrogen-bond donors (Lipinski definition) is 0. The molecule has 2 fully saturated rings. The van der Waals surface area contributed by atoms with Crippen LogP contribution in [0.3, 0.4) is 0 Å². The molecule has 2 heterocycles. The molecule has 0 N–H and O–H groups in total. The summed E-state index contributed by atoms with van der Waals surface area (Å²) in [7, 11) is 0. The molecule has 2 saturated heterocycles. The van der Waals surface area contributed by atoms with Crippen LogP contribution in [0.4, 0.5) is 10.1 Å². The predicted molar refractivity (Wildman–Crippen MR) is 72.5 cm³/mol. The number of nitrogens with zero attached hydrogens (tertiary/aromatic N) is 3. The number of hydrogen-bond acceptors (Lipinski definition) is 3. The normalized spacial score (nSPS) is 23.8. The minimum absolute atomic E-state index is 0.189. The molecule has 3 rings (SSSR count). The second-order valence-corrected chi connectivity index (χ2v) is 5.38. The molecule has 2 aliphatic rings. The Bertz CT molecular complexity index is 509. The molecule has 4 heteroatoms. The Morgan fingerprint density at radius 1 is 1.21 bits per heavy atom. The van der Waals surface area contributed by atoms with Gasteiger partial charge in [-0.25, -0.2) is 4.39 Å². The van der Waals surface area contributed by atoms with Gasteiger partial charge in [0.05, 0.1) is 5.69 Å². The van der Waals surface area contributed by atoms with Crippen LogP contribution in [-0.4, -0.2) is 37.1 Å². The Kier molecular flexibility index (Phi) is 3.39. The molecule has 0 radical (unpaired) electrons. The summed E-state index contributed by atoms with van der Waals surface area (Å²) >= 11 is 0. The fourth-order valence-corrected chi connectivity index (χ4v) is 3.31. The van der Waals surface area contributed by atoms with Crippen LogP contribution in [0.5, 0.6) is 0 Å². The summed E-state index contributed by atoms with van der Waals surface area (Å²) in [5.74, 6) is -0.410. The molecule has 0 aromatic heterocycles. The second kappa shape index (κ2) is 5.18. The van der Waals surface area contributed by atoms with Crippen LogP contribution in [-0.2, 0) is 0 Å². The molecule has 1 atom stereocenters. The van der Waals surface area contributed by atoms with E-state index >= 15 is 0 Å². The summed E-state index contributed by atoms with van der Waals surface area (Å²) in [6, 6.07) is 7.51. The third kappa shape index (κ3) is 2.31. The van der Waals surface area contributed by atoms with Crippen LogP contribution >= 0.6 is 0 Å². The molecular formula is C15H18FN3. The lowest BCUT2D eigenvalue weighted by Crippen LogP contribution is -2.37. The molecule has 1 aromatic carbocycles. The Labute approximate surface area is 113 Å². The second-order valence-electron chi connectivity index (χ2n) is 5.38. The number of rotatable bonds is 1. The first-order valence-corrected chi connectivity index (χ1v) is 6.97. The lowest BCUT2D eigenvalue weighted by atomic mass is 10.1. The summed E-state index contributed by atoms with van der Waals surface area (Å²) in [5, 5.41) is 9.16. The highest BCUT2D eigenvalue weighted by Crippen LogP contribution is 2.28. The first kappa shape index (κ1) is 12.4. The van der Waals surface area contributed by atoms with Gasteiger partial charge in [-0.2, -0.15) is 5.26 Å². The van der Waals surface area contributed by atoms with Crippen molar-refractivity contribution in [1.29, 1.82) is 5.26 Å². The van der Waals surface area contributed by atoms with Gasteiger partial charge >= 0.3 is 0 Å². The summed E-state index contributed by atoms with van der Waals surface area (Å²) < 4.78 is 13.7.